The summed E-state index contributed by atoms with van der Waals surface area (Å²) in [6.45, 7) is 5.73. The highest BCUT2D eigenvalue weighted by atomic mass is 19.1. The van der Waals surface area contributed by atoms with Gasteiger partial charge in [-0.25, -0.2) is 4.39 Å². The third-order valence-electron chi connectivity index (χ3n) is 7.76. The summed E-state index contributed by atoms with van der Waals surface area (Å²) in [7, 11) is 0. The van der Waals surface area contributed by atoms with Gasteiger partial charge in [0.05, 0.1) is 18.2 Å². The zero-order chi connectivity index (χ0) is 24.9. The number of hydrogen-bond donors (Lipinski definition) is 1. The second-order valence-corrected chi connectivity index (χ2v) is 10.1. The van der Waals surface area contributed by atoms with E-state index in [0.29, 0.717) is 24.6 Å². The smallest absolute Gasteiger partial charge is 0.241 e. The highest BCUT2D eigenvalue weighted by Crippen LogP contribution is 2.33. The molecule has 0 bridgehead atoms. The summed E-state index contributed by atoms with van der Waals surface area (Å²) in [6, 6.07) is 14.4. The SMILES string of the molecule is N#Cc1ccc2c(C3CCN(CCN(C(=O)CN4CCCCC4)c4ccc(F)cc4)CC3)c[nH]c2c1. The molecule has 1 N–H and O–H groups in total. The number of nitrogens with zero attached hydrogens (tertiary/aromatic N) is 4. The largest absolute Gasteiger partial charge is 0.361 e. The molecule has 0 radical (unpaired) electrons. The molecule has 2 aliphatic rings. The van der Waals surface area contributed by atoms with Crippen molar-refractivity contribution in [3.8, 4) is 6.07 Å². The van der Waals surface area contributed by atoms with E-state index in [9.17, 15) is 9.18 Å². The molecule has 2 fully saturated rings. The molecule has 5 rings (SSSR count). The van der Waals surface area contributed by atoms with Crippen LogP contribution in [-0.2, 0) is 4.79 Å². The number of nitriles is 1. The number of hydrogen-bond acceptors (Lipinski definition) is 4. The van der Waals surface area contributed by atoms with Crippen LogP contribution in [0.3, 0.4) is 0 Å². The predicted molar refractivity (Wildman–Crippen MR) is 140 cm³/mol. The number of fused-ring (bicyclic) bond motifs is 1. The zero-order valence-electron chi connectivity index (χ0n) is 20.8. The second-order valence-electron chi connectivity index (χ2n) is 10.1. The Morgan fingerprint density at radius 3 is 2.50 bits per heavy atom. The fourth-order valence-electron chi connectivity index (χ4n) is 5.68. The van der Waals surface area contributed by atoms with Gasteiger partial charge in [0.1, 0.15) is 5.82 Å². The van der Waals surface area contributed by atoms with E-state index in [1.54, 1.807) is 12.1 Å². The molecule has 0 unspecified atom stereocenters. The summed E-state index contributed by atoms with van der Waals surface area (Å²) in [6.07, 6.45) is 7.75. The van der Waals surface area contributed by atoms with Gasteiger partial charge in [-0.3, -0.25) is 9.69 Å². The summed E-state index contributed by atoms with van der Waals surface area (Å²) < 4.78 is 13.6. The molecule has 0 saturated carbocycles. The van der Waals surface area contributed by atoms with Gasteiger partial charge in [0, 0.05) is 35.9 Å². The van der Waals surface area contributed by atoms with E-state index in [1.165, 1.54) is 29.5 Å². The van der Waals surface area contributed by atoms with Crippen LogP contribution < -0.4 is 4.90 Å². The fourth-order valence-corrected chi connectivity index (χ4v) is 5.68. The minimum Gasteiger partial charge on any atom is -0.361 e. The molecular formula is C29H34FN5O. The number of carbonyl (C=O) groups excluding carboxylic acids is 1. The first-order valence-electron chi connectivity index (χ1n) is 13.1. The quantitative estimate of drug-likeness (QED) is 0.516. The van der Waals surface area contributed by atoms with Crippen LogP contribution in [0.15, 0.2) is 48.7 Å². The maximum absolute atomic E-state index is 13.6. The highest BCUT2D eigenvalue weighted by Gasteiger charge is 2.25. The Labute approximate surface area is 212 Å². The van der Waals surface area contributed by atoms with Crippen LogP contribution in [0.1, 0.15) is 49.1 Å². The lowest BCUT2D eigenvalue weighted by atomic mass is 9.89. The maximum atomic E-state index is 13.6. The van der Waals surface area contributed by atoms with Gasteiger partial charge in [-0.15, -0.1) is 0 Å². The van der Waals surface area contributed by atoms with Gasteiger partial charge in [-0.2, -0.15) is 5.26 Å². The van der Waals surface area contributed by atoms with E-state index < -0.39 is 0 Å². The van der Waals surface area contributed by atoms with Crippen molar-refractivity contribution < 1.29 is 9.18 Å². The number of halogens is 1. The Kier molecular flexibility index (Phi) is 7.64. The Bertz CT molecular complexity index is 1220. The lowest BCUT2D eigenvalue weighted by molar-refractivity contribution is -0.120. The summed E-state index contributed by atoms with van der Waals surface area (Å²) in [5, 5.41) is 10.4. The first-order valence-corrected chi connectivity index (χ1v) is 13.1. The summed E-state index contributed by atoms with van der Waals surface area (Å²) in [5.74, 6) is 0.288. The molecule has 3 aromatic rings. The minimum atomic E-state index is -0.287. The lowest BCUT2D eigenvalue weighted by Gasteiger charge is -2.34. The average molecular weight is 488 g/mol. The summed E-state index contributed by atoms with van der Waals surface area (Å²) >= 11 is 0. The molecule has 7 heteroatoms. The van der Waals surface area contributed by atoms with Gasteiger partial charge in [0.15, 0.2) is 0 Å². The number of likely N-dealkylation sites (tertiary alicyclic amines) is 2. The van der Waals surface area contributed by atoms with Gasteiger partial charge < -0.3 is 14.8 Å². The Balaban J connectivity index is 1.20. The van der Waals surface area contributed by atoms with Crippen molar-refractivity contribution in [3.63, 3.8) is 0 Å². The predicted octanol–water partition coefficient (Wildman–Crippen LogP) is 4.88. The molecule has 2 aromatic carbocycles. The molecular weight excluding hydrogens is 453 g/mol. The molecule has 188 valence electrons. The van der Waals surface area contributed by atoms with Crippen molar-refractivity contribution in [2.75, 3.05) is 50.7 Å². The van der Waals surface area contributed by atoms with Crippen molar-refractivity contribution in [2.24, 2.45) is 0 Å². The van der Waals surface area contributed by atoms with Crippen LogP contribution in [0.5, 0.6) is 0 Å². The maximum Gasteiger partial charge on any atom is 0.241 e. The molecule has 2 aliphatic heterocycles. The number of aromatic amines is 1. The number of H-pyrrole nitrogens is 1. The third kappa shape index (κ3) is 5.61. The monoisotopic (exact) mass is 487 g/mol. The summed E-state index contributed by atoms with van der Waals surface area (Å²) in [4.78, 5) is 23.2. The van der Waals surface area contributed by atoms with Gasteiger partial charge in [-0.05, 0) is 99.7 Å². The Hall–Kier alpha value is -3.21. The van der Waals surface area contributed by atoms with Crippen LogP contribution >= 0.6 is 0 Å². The molecule has 0 aliphatic carbocycles. The van der Waals surface area contributed by atoms with Crippen LogP contribution in [-0.4, -0.2) is 66.5 Å². The van der Waals surface area contributed by atoms with Crippen LogP contribution in [0.25, 0.3) is 10.9 Å². The van der Waals surface area contributed by atoms with Crippen molar-refractivity contribution in [1.29, 1.82) is 5.26 Å². The number of carbonyl (C=O) groups is 1. The number of piperidine rings is 2. The molecule has 1 amide bonds. The number of benzene rings is 2. The molecule has 0 atom stereocenters. The molecule has 2 saturated heterocycles. The molecule has 6 nitrogen and oxygen atoms in total. The third-order valence-corrected chi connectivity index (χ3v) is 7.76. The number of rotatable bonds is 7. The Morgan fingerprint density at radius 2 is 1.78 bits per heavy atom. The van der Waals surface area contributed by atoms with Crippen molar-refractivity contribution in [1.82, 2.24) is 14.8 Å². The molecule has 1 aromatic heterocycles. The standard InChI is InChI=1S/C29H34FN5O/c30-24-5-7-25(8-6-24)35(29(36)21-34-12-2-1-3-13-34)17-16-33-14-10-23(11-15-33)27-20-32-28-18-22(19-31)4-9-26(27)28/h4-9,18,20,23,32H,1-3,10-17,21H2. The molecule has 3 heterocycles. The summed E-state index contributed by atoms with van der Waals surface area (Å²) in [5.41, 5.74) is 3.79. The zero-order valence-corrected chi connectivity index (χ0v) is 20.8. The van der Waals surface area contributed by atoms with Gasteiger partial charge >= 0.3 is 0 Å². The highest BCUT2D eigenvalue weighted by molar-refractivity contribution is 5.94. The van der Waals surface area contributed by atoms with Crippen LogP contribution in [0.4, 0.5) is 10.1 Å². The molecule has 36 heavy (non-hydrogen) atoms. The van der Waals surface area contributed by atoms with Crippen molar-refractivity contribution in [3.05, 3.63) is 65.6 Å². The van der Waals surface area contributed by atoms with Gasteiger partial charge in [0.2, 0.25) is 5.91 Å². The number of anilines is 1. The second kappa shape index (κ2) is 11.2. The van der Waals surface area contributed by atoms with E-state index in [0.717, 1.165) is 69.6 Å². The van der Waals surface area contributed by atoms with Crippen molar-refractivity contribution >= 4 is 22.5 Å². The fraction of sp³-hybridized carbons (Fsp3) is 0.448. The normalized spacial score (nSPS) is 17.8. The molecule has 0 spiro atoms. The minimum absolute atomic E-state index is 0.0916. The topological polar surface area (TPSA) is 66.4 Å². The lowest BCUT2D eigenvalue weighted by Crippen LogP contribution is -2.46. The van der Waals surface area contributed by atoms with Crippen LogP contribution in [0.2, 0.25) is 0 Å². The van der Waals surface area contributed by atoms with Crippen LogP contribution in [0, 0.1) is 17.1 Å². The van der Waals surface area contributed by atoms with E-state index in [2.05, 4.69) is 33.1 Å². The Morgan fingerprint density at radius 1 is 1.03 bits per heavy atom. The first-order chi connectivity index (χ1) is 17.6. The number of nitrogens with one attached hydrogen (secondary N) is 1. The van der Waals surface area contributed by atoms with E-state index in [4.69, 9.17) is 5.26 Å². The average Bonchev–Trinajstić information content (AvgIpc) is 3.34. The van der Waals surface area contributed by atoms with Crippen molar-refractivity contribution in [2.45, 2.75) is 38.0 Å². The van der Waals surface area contributed by atoms with E-state index in [1.807, 2.05) is 17.0 Å². The van der Waals surface area contributed by atoms with E-state index >= 15 is 0 Å². The number of amides is 1. The number of aromatic nitrogens is 1. The van der Waals surface area contributed by atoms with Gasteiger partial charge in [0.25, 0.3) is 0 Å². The first kappa shape index (κ1) is 24.5. The van der Waals surface area contributed by atoms with Gasteiger partial charge in [-0.1, -0.05) is 12.5 Å². The van der Waals surface area contributed by atoms with E-state index in [-0.39, 0.29) is 11.7 Å².